The third kappa shape index (κ3) is 2.22. The van der Waals surface area contributed by atoms with Crippen LogP contribution in [0.1, 0.15) is 6.23 Å². The number of aromatic nitrogens is 2. The minimum atomic E-state index is -2.70. The Labute approximate surface area is 112 Å². The van der Waals surface area contributed by atoms with Crippen LogP contribution in [0.2, 0.25) is 0 Å². The second-order valence-electron chi connectivity index (χ2n) is 4.26. The van der Waals surface area contributed by atoms with Crippen LogP contribution in [0.5, 0.6) is 0 Å². The lowest BCUT2D eigenvalue weighted by Crippen LogP contribution is -2.45. The van der Waals surface area contributed by atoms with Crippen LogP contribution in [-0.4, -0.2) is 50.9 Å². The van der Waals surface area contributed by atoms with Gasteiger partial charge in [0, 0.05) is 6.20 Å². The van der Waals surface area contributed by atoms with Crippen LogP contribution in [-0.2, 0) is 4.74 Å². The molecule has 9 heteroatoms. The van der Waals surface area contributed by atoms with Gasteiger partial charge in [-0.15, -0.1) is 0 Å². The summed E-state index contributed by atoms with van der Waals surface area (Å²) >= 11 is 4.90. The fourth-order valence-corrected chi connectivity index (χ4v) is 2.26. The van der Waals surface area contributed by atoms with E-state index >= 15 is 0 Å². The zero-order valence-corrected chi connectivity index (χ0v) is 10.6. The summed E-state index contributed by atoms with van der Waals surface area (Å²) in [4.78, 5) is 3.74. The quantitative estimate of drug-likeness (QED) is 0.686. The van der Waals surface area contributed by atoms with Crippen molar-refractivity contribution in [3.05, 3.63) is 17.0 Å². The number of hydrogen-bond donors (Lipinski definition) is 3. The van der Waals surface area contributed by atoms with Gasteiger partial charge in [-0.05, 0) is 18.3 Å². The number of nitrogen functional groups attached to an aromatic ring is 1. The number of nitrogens with zero attached hydrogens (tertiary/aromatic N) is 2. The van der Waals surface area contributed by atoms with Crippen LogP contribution >= 0.6 is 12.2 Å². The highest BCUT2D eigenvalue weighted by Crippen LogP contribution is 2.41. The highest BCUT2D eigenvalue weighted by Gasteiger charge is 2.58. The number of nitrogens with two attached hydrogens (primary N) is 1. The molecule has 0 bridgehead atoms. The monoisotopic (exact) mass is 293 g/mol. The van der Waals surface area contributed by atoms with E-state index in [1.54, 1.807) is 0 Å². The molecule has 0 saturated carbocycles. The smallest absolute Gasteiger partial charge is 0.212 e. The number of ether oxygens (including phenoxy) is 1. The molecule has 0 radical (unpaired) electrons. The summed E-state index contributed by atoms with van der Waals surface area (Å²) < 4.78 is 33.6. The Balaban J connectivity index is 2.45. The van der Waals surface area contributed by atoms with Gasteiger partial charge in [-0.3, -0.25) is 4.57 Å². The summed E-state index contributed by atoms with van der Waals surface area (Å²) in [7, 11) is 0. The lowest BCUT2D eigenvalue weighted by Gasteiger charge is -2.26. The molecule has 2 rings (SSSR count). The number of rotatable bonds is 3. The van der Waals surface area contributed by atoms with E-state index in [4.69, 9.17) is 27.8 Å². The van der Waals surface area contributed by atoms with E-state index in [2.05, 4.69) is 4.98 Å². The Morgan fingerprint density at radius 2 is 2.32 bits per heavy atom. The summed E-state index contributed by atoms with van der Waals surface area (Å²) in [5.74, 6) is 0.128. The van der Waals surface area contributed by atoms with Gasteiger partial charge in [-0.1, -0.05) is 0 Å². The lowest BCUT2D eigenvalue weighted by molar-refractivity contribution is -0.0723. The summed E-state index contributed by atoms with van der Waals surface area (Å²) in [6.07, 6.45) is -3.24. The van der Waals surface area contributed by atoms with Crippen LogP contribution in [0.15, 0.2) is 12.3 Å². The van der Waals surface area contributed by atoms with Crippen LogP contribution in [0, 0.1) is 4.77 Å². The average molecular weight is 293 g/mol. The van der Waals surface area contributed by atoms with E-state index in [1.807, 2.05) is 0 Å². The Kier molecular flexibility index (Phi) is 3.81. The van der Waals surface area contributed by atoms with E-state index in [0.717, 1.165) is 4.57 Å². The SMILES string of the molecule is Nc1ccn([C@@H]2O[C@H](CO)[C@H](O)C2(F)CF)c(=S)n1. The zero-order chi connectivity index (χ0) is 14.2. The molecule has 0 aromatic carbocycles. The second kappa shape index (κ2) is 5.08. The van der Waals surface area contributed by atoms with Crippen molar-refractivity contribution < 1.29 is 23.7 Å². The van der Waals surface area contributed by atoms with Crippen molar-refractivity contribution in [2.45, 2.75) is 24.1 Å². The predicted molar refractivity (Wildman–Crippen MR) is 64.3 cm³/mol. The fraction of sp³-hybridized carbons (Fsp3) is 0.600. The maximum absolute atomic E-state index is 14.5. The molecule has 1 aromatic rings. The number of anilines is 1. The molecule has 1 aromatic heterocycles. The fourth-order valence-electron chi connectivity index (χ4n) is 2.00. The van der Waals surface area contributed by atoms with E-state index in [1.165, 1.54) is 12.3 Å². The third-order valence-corrected chi connectivity index (χ3v) is 3.35. The van der Waals surface area contributed by atoms with Gasteiger partial charge in [0.1, 0.15) is 24.7 Å². The molecule has 0 amide bonds. The highest BCUT2D eigenvalue weighted by molar-refractivity contribution is 7.71. The first-order valence-corrected chi connectivity index (χ1v) is 5.88. The molecule has 1 aliphatic heterocycles. The van der Waals surface area contributed by atoms with Crippen LogP contribution in [0.3, 0.4) is 0 Å². The molecule has 1 aliphatic rings. The molecule has 4 N–H and O–H groups in total. The van der Waals surface area contributed by atoms with E-state index in [9.17, 15) is 13.9 Å². The Hall–Kier alpha value is -1.16. The Morgan fingerprint density at radius 3 is 2.84 bits per heavy atom. The van der Waals surface area contributed by atoms with Gasteiger partial charge < -0.3 is 20.7 Å². The maximum atomic E-state index is 14.5. The van der Waals surface area contributed by atoms with Crippen molar-refractivity contribution >= 4 is 18.0 Å². The van der Waals surface area contributed by atoms with Gasteiger partial charge in [0.2, 0.25) is 10.4 Å². The van der Waals surface area contributed by atoms with Crippen LogP contribution in [0.25, 0.3) is 0 Å². The number of halogens is 2. The molecular weight excluding hydrogens is 280 g/mol. The highest BCUT2D eigenvalue weighted by atomic mass is 32.1. The van der Waals surface area contributed by atoms with E-state index in [-0.39, 0.29) is 10.6 Å². The van der Waals surface area contributed by atoms with Crippen molar-refractivity contribution in [2.24, 2.45) is 0 Å². The normalized spacial score (nSPS) is 34.6. The molecule has 1 unspecified atom stereocenters. The first-order valence-electron chi connectivity index (χ1n) is 5.48. The molecule has 6 nitrogen and oxygen atoms in total. The van der Waals surface area contributed by atoms with Gasteiger partial charge in [0.05, 0.1) is 6.61 Å². The summed E-state index contributed by atoms with van der Waals surface area (Å²) in [6, 6.07) is 1.34. The van der Waals surface area contributed by atoms with Gasteiger partial charge in [-0.25, -0.2) is 13.8 Å². The summed E-state index contributed by atoms with van der Waals surface area (Å²) in [5.41, 5.74) is 2.71. The minimum Gasteiger partial charge on any atom is -0.394 e. The van der Waals surface area contributed by atoms with Crippen molar-refractivity contribution in [2.75, 3.05) is 19.0 Å². The molecule has 2 heterocycles. The predicted octanol–water partition coefficient (Wildman–Crippen LogP) is 0.123. The molecule has 1 saturated heterocycles. The number of aliphatic hydroxyl groups is 2. The molecule has 19 heavy (non-hydrogen) atoms. The molecule has 106 valence electrons. The largest absolute Gasteiger partial charge is 0.394 e. The second-order valence-corrected chi connectivity index (χ2v) is 4.62. The Morgan fingerprint density at radius 1 is 1.63 bits per heavy atom. The number of hydrogen-bond acceptors (Lipinski definition) is 6. The van der Waals surface area contributed by atoms with Gasteiger partial charge in [-0.2, -0.15) is 0 Å². The first kappa shape index (κ1) is 14.3. The zero-order valence-electron chi connectivity index (χ0n) is 9.74. The average Bonchev–Trinajstić information content (AvgIpc) is 2.63. The van der Waals surface area contributed by atoms with Crippen LogP contribution < -0.4 is 5.73 Å². The molecular formula is C10H13F2N3O3S. The summed E-state index contributed by atoms with van der Waals surface area (Å²) in [5, 5.41) is 18.7. The van der Waals surface area contributed by atoms with Crippen molar-refractivity contribution in [3.63, 3.8) is 0 Å². The minimum absolute atomic E-state index is 0.105. The Bertz CT molecular complexity index is 529. The van der Waals surface area contributed by atoms with Crippen molar-refractivity contribution in [1.29, 1.82) is 0 Å². The molecule has 0 aliphatic carbocycles. The standard InChI is InChI=1S/C10H13F2N3O3S/c11-4-10(12)7(17)5(3-16)18-8(10)15-2-1-6(13)14-9(15)19/h1-2,5,7-8,16-17H,3-4H2,(H2,13,14,19)/t5-,7+,8-,10?/m1/s1. The number of alkyl halides is 2. The first-order chi connectivity index (χ1) is 8.93. The summed E-state index contributed by atoms with van der Waals surface area (Å²) in [6.45, 7) is -2.12. The number of aliphatic hydroxyl groups excluding tert-OH is 2. The topological polar surface area (TPSA) is 93.5 Å². The molecule has 1 fully saturated rings. The van der Waals surface area contributed by atoms with Gasteiger partial charge in [0.15, 0.2) is 6.23 Å². The molecule has 0 spiro atoms. The lowest BCUT2D eigenvalue weighted by atomic mass is 9.97. The van der Waals surface area contributed by atoms with Crippen LogP contribution in [0.4, 0.5) is 14.6 Å². The maximum Gasteiger partial charge on any atom is 0.212 e. The van der Waals surface area contributed by atoms with E-state index < -0.39 is 37.4 Å². The van der Waals surface area contributed by atoms with E-state index in [0.29, 0.717) is 0 Å². The van der Waals surface area contributed by atoms with Crippen molar-refractivity contribution in [1.82, 2.24) is 9.55 Å². The van der Waals surface area contributed by atoms with Gasteiger partial charge >= 0.3 is 0 Å². The molecule has 4 atom stereocenters. The van der Waals surface area contributed by atoms with Gasteiger partial charge in [0.25, 0.3) is 0 Å². The third-order valence-electron chi connectivity index (χ3n) is 3.05. The van der Waals surface area contributed by atoms with Crippen molar-refractivity contribution in [3.8, 4) is 0 Å².